The van der Waals surface area contributed by atoms with Gasteiger partial charge in [-0.05, 0) is 13.0 Å². The molecule has 1 unspecified atom stereocenters. The van der Waals surface area contributed by atoms with Gasteiger partial charge >= 0.3 is 5.97 Å². The number of hydrogen-bond donors (Lipinski definition) is 0. The van der Waals surface area contributed by atoms with Gasteiger partial charge in [-0.3, -0.25) is 4.79 Å². The molecule has 0 spiro atoms. The molecule has 0 saturated heterocycles. The van der Waals surface area contributed by atoms with Crippen LogP contribution in [-0.4, -0.2) is 18.4 Å². The van der Waals surface area contributed by atoms with Crippen molar-refractivity contribution in [1.29, 1.82) is 0 Å². The molecule has 0 aliphatic heterocycles. The summed E-state index contributed by atoms with van der Waals surface area (Å²) in [7, 11) is 0. The Labute approximate surface area is 77.2 Å². The fraction of sp³-hybridized carbons (Fsp3) is 0.833. The van der Waals surface area contributed by atoms with Crippen LogP contribution in [0.3, 0.4) is 0 Å². The maximum Gasteiger partial charge on any atom is 0.302 e. The molecule has 0 aromatic carbocycles. The summed E-state index contributed by atoms with van der Waals surface area (Å²) in [6, 6.07) is 0. The molecule has 11 heavy (non-hydrogen) atoms. The molecule has 0 amide bonds. The van der Waals surface area contributed by atoms with Gasteiger partial charge < -0.3 is 4.74 Å². The monoisotopic (exact) mass is 214 g/mol. The maximum absolute atomic E-state index is 10.5. The molecule has 0 heterocycles. The molecule has 1 atom stereocenters. The maximum atomic E-state index is 10.5. The van der Waals surface area contributed by atoms with E-state index in [2.05, 4.69) is 0 Å². The lowest BCUT2D eigenvalue weighted by Crippen LogP contribution is -2.36. The van der Waals surface area contributed by atoms with Crippen LogP contribution < -0.4 is 0 Å². The van der Waals surface area contributed by atoms with E-state index in [4.69, 9.17) is 26.9 Å². The lowest BCUT2D eigenvalue weighted by atomic mass is 10.5. The quantitative estimate of drug-likeness (QED) is 0.410. The van der Waals surface area contributed by atoms with Crippen molar-refractivity contribution in [2.24, 2.45) is 0 Å². The molecule has 66 valence electrons. The minimum atomic E-state index is -2.35. The Balaban J connectivity index is 4.07. The van der Waals surface area contributed by atoms with Crippen molar-refractivity contribution in [3.8, 4) is 0 Å². The van der Waals surface area contributed by atoms with Gasteiger partial charge in [-0.25, -0.2) is 0 Å². The summed E-state index contributed by atoms with van der Waals surface area (Å²) in [6.45, 7) is 2.65. The summed E-state index contributed by atoms with van der Waals surface area (Å²) in [5, 5.41) is 0. The van der Waals surface area contributed by atoms with Crippen LogP contribution in [0, 0.1) is 0 Å². The lowest BCUT2D eigenvalue weighted by molar-refractivity contribution is -0.143. The van der Waals surface area contributed by atoms with Crippen molar-refractivity contribution in [1.82, 2.24) is 0 Å². The first-order valence-corrected chi connectivity index (χ1v) is 8.03. The summed E-state index contributed by atoms with van der Waals surface area (Å²) in [5.74, 6) is -0.322. The Morgan fingerprint density at radius 2 is 2.09 bits per heavy atom. The van der Waals surface area contributed by atoms with Crippen LogP contribution in [0.4, 0.5) is 0 Å². The van der Waals surface area contributed by atoms with Gasteiger partial charge in [0.15, 0.2) is 0 Å². The van der Waals surface area contributed by atoms with Crippen LogP contribution in [0.25, 0.3) is 0 Å². The van der Waals surface area contributed by atoms with E-state index < -0.39 is 6.69 Å². The fourth-order valence-corrected chi connectivity index (χ4v) is 3.03. The predicted molar refractivity (Wildman–Crippen MR) is 49.2 cm³/mol. The normalized spacial score (nSPS) is 14.3. The molecule has 0 aliphatic carbocycles. The van der Waals surface area contributed by atoms with Crippen molar-refractivity contribution >= 4 is 34.8 Å². The zero-order chi connectivity index (χ0) is 9.07. The summed E-state index contributed by atoms with van der Waals surface area (Å²) in [4.78, 5) is 10.5. The topological polar surface area (TPSA) is 26.3 Å². The van der Waals surface area contributed by atoms with Gasteiger partial charge in [-0.15, -0.1) is 22.2 Å². The van der Waals surface area contributed by atoms with E-state index in [9.17, 15) is 4.79 Å². The number of hydrogen-bond acceptors (Lipinski definition) is 2. The zero-order valence-corrected chi connectivity index (χ0v) is 9.37. The van der Waals surface area contributed by atoms with Crippen LogP contribution in [0.15, 0.2) is 0 Å². The van der Waals surface area contributed by atoms with E-state index >= 15 is 0 Å². The van der Waals surface area contributed by atoms with Crippen LogP contribution in [0.5, 0.6) is 0 Å². The molecular weight excluding hydrogens is 203 g/mol. The lowest BCUT2D eigenvalue weighted by Gasteiger charge is -2.21. The largest absolute Gasteiger partial charge is 0.463 e. The average molecular weight is 215 g/mol. The number of esters is 1. The first kappa shape index (κ1) is 11.3. The van der Waals surface area contributed by atoms with Crippen molar-refractivity contribution in [3.05, 3.63) is 0 Å². The van der Waals surface area contributed by atoms with Crippen molar-refractivity contribution < 1.29 is 9.53 Å². The highest BCUT2D eigenvalue weighted by molar-refractivity contribution is 7.45. The van der Waals surface area contributed by atoms with Crippen LogP contribution in [0.2, 0.25) is 6.55 Å². The van der Waals surface area contributed by atoms with E-state index in [-0.39, 0.29) is 11.7 Å². The van der Waals surface area contributed by atoms with Crippen LogP contribution in [-0.2, 0) is 9.53 Å². The Kier molecular flexibility index (Phi) is 4.44. The molecule has 5 heteroatoms. The van der Waals surface area contributed by atoms with Gasteiger partial charge in [-0.2, -0.15) is 0 Å². The van der Waals surface area contributed by atoms with Crippen molar-refractivity contribution in [3.63, 3.8) is 0 Å². The Morgan fingerprint density at radius 1 is 1.64 bits per heavy atom. The van der Waals surface area contributed by atoms with E-state index in [1.54, 1.807) is 6.55 Å². The molecular formula is C6H12Cl2O2Si. The molecule has 0 N–H and O–H groups in total. The highest BCUT2D eigenvalue weighted by atomic mass is 35.7. The number of carbonyl (C=O) groups is 1. The minimum absolute atomic E-state index is 0.289. The second-order valence-electron chi connectivity index (χ2n) is 2.46. The molecule has 2 nitrogen and oxygen atoms in total. The zero-order valence-electron chi connectivity index (χ0n) is 6.86. The number of halogens is 2. The molecule has 0 aliphatic rings. The Morgan fingerprint density at radius 3 is 2.18 bits per heavy atom. The molecule has 0 saturated carbocycles. The molecule has 0 fully saturated rings. The van der Waals surface area contributed by atoms with Gasteiger partial charge in [0.2, 0.25) is 0 Å². The Bertz CT molecular complexity index is 144. The number of ether oxygens (including phenoxy) is 1. The molecule has 0 rings (SSSR count). The summed E-state index contributed by atoms with van der Waals surface area (Å²) in [6.07, 6.45) is 0.676. The first-order chi connectivity index (χ1) is 4.88. The van der Waals surface area contributed by atoms with Gasteiger partial charge in [0.1, 0.15) is 5.73 Å². The Hall–Kier alpha value is 0.267. The molecule has 0 aromatic heterocycles. The SMILES string of the molecule is CCC(OC(C)=O)[Si](C)(Cl)Cl. The second-order valence-corrected chi connectivity index (χ2v) is 10.3. The highest BCUT2D eigenvalue weighted by Gasteiger charge is 2.34. The van der Waals surface area contributed by atoms with E-state index in [0.717, 1.165) is 0 Å². The number of carbonyl (C=O) groups excluding carboxylic acids is 1. The summed E-state index contributed by atoms with van der Waals surface area (Å²) >= 11 is 11.7. The smallest absolute Gasteiger partial charge is 0.302 e. The third-order valence-corrected chi connectivity index (χ3v) is 4.36. The second kappa shape index (κ2) is 4.33. The van der Waals surface area contributed by atoms with Crippen LogP contribution >= 0.6 is 22.2 Å². The third kappa shape index (κ3) is 4.66. The van der Waals surface area contributed by atoms with E-state index in [0.29, 0.717) is 6.42 Å². The molecule has 0 bridgehead atoms. The van der Waals surface area contributed by atoms with Gasteiger partial charge in [-0.1, -0.05) is 6.92 Å². The van der Waals surface area contributed by atoms with Gasteiger partial charge in [0.25, 0.3) is 6.69 Å². The van der Waals surface area contributed by atoms with Crippen molar-refractivity contribution in [2.45, 2.75) is 32.5 Å². The standard InChI is InChI=1S/C6H12Cl2O2Si/c1-4-6(10-5(2)9)11(3,7)8/h6H,4H2,1-3H3. The van der Waals surface area contributed by atoms with E-state index in [1.165, 1.54) is 6.92 Å². The summed E-state index contributed by atoms with van der Waals surface area (Å²) < 4.78 is 4.92. The van der Waals surface area contributed by atoms with Gasteiger partial charge in [0, 0.05) is 6.92 Å². The third-order valence-electron chi connectivity index (χ3n) is 1.24. The first-order valence-electron chi connectivity index (χ1n) is 3.43. The van der Waals surface area contributed by atoms with Gasteiger partial charge in [0.05, 0.1) is 0 Å². The molecule has 0 aromatic rings. The van der Waals surface area contributed by atoms with Crippen molar-refractivity contribution in [2.75, 3.05) is 0 Å². The molecule has 0 radical (unpaired) electrons. The minimum Gasteiger partial charge on any atom is -0.463 e. The number of rotatable bonds is 3. The average Bonchev–Trinajstić information content (AvgIpc) is 1.79. The predicted octanol–water partition coefficient (Wildman–Crippen LogP) is 2.42. The van der Waals surface area contributed by atoms with E-state index in [1.807, 2.05) is 6.92 Å². The van der Waals surface area contributed by atoms with Crippen LogP contribution in [0.1, 0.15) is 20.3 Å². The summed E-state index contributed by atoms with van der Waals surface area (Å²) in [5.41, 5.74) is -0.289. The highest BCUT2D eigenvalue weighted by Crippen LogP contribution is 2.23. The fourth-order valence-electron chi connectivity index (χ4n) is 0.746.